The van der Waals surface area contributed by atoms with Gasteiger partial charge < -0.3 is 10.1 Å². The van der Waals surface area contributed by atoms with Gasteiger partial charge in [-0.05, 0) is 43.2 Å². The van der Waals surface area contributed by atoms with Gasteiger partial charge in [-0.25, -0.2) is 4.79 Å². The van der Waals surface area contributed by atoms with Crippen molar-refractivity contribution in [3.63, 3.8) is 0 Å². The van der Waals surface area contributed by atoms with Gasteiger partial charge >= 0.3 is 5.97 Å². The average Bonchev–Trinajstić information content (AvgIpc) is 2.55. The third-order valence-corrected chi connectivity index (χ3v) is 4.72. The van der Waals surface area contributed by atoms with Gasteiger partial charge in [0.05, 0.1) is 32.0 Å². The number of halogens is 1. The molecule has 1 atom stereocenters. The Morgan fingerprint density at radius 2 is 1.88 bits per heavy atom. The summed E-state index contributed by atoms with van der Waals surface area (Å²) >= 11 is 6.14. The second kappa shape index (κ2) is 8.27. The summed E-state index contributed by atoms with van der Waals surface area (Å²) in [5.74, 6) is -1.20. The molecule has 25 heavy (non-hydrogen) atoms. The molecule has 0 radical (unpaired) electrons. The van der Waals surface area contributed by atoms with Crippen LogP contribution in [0.3, 0.4) is 0 Å². The number of amides is 1. The molecule has 0 aliphatic carbocycles. The highest BCUT2D eigenvalue weighted by atomic mass is 35.5. The van der Waals surface area contributed by atoms with E-state index in [1.807, 2.05) is 19.9 Å². The number of benzene rings is 2. The van der Waals surface area contributed by atoms with E-state index in [1.54, 1.807) is 24.3 Å². The molecule has 0 bridgehead atoms. The number of rotatable bonds is 5. The fourth-order valence-electron chi connectivity index (χ4n) is 2.34. The summed E-state index contributed by atoms with van der Waals surface area (Å²) in [5.41, 5.74) is 2.47. The standard InChI is InChI=1S/C18H18ClNO4S/c1-11-8-12(2)17(14(19)9-11)20-16(21)10-24-18(22)13-6-4-5-7-15(13)25(3)23/h4-9H,10H2,1-3H3,(H,20,21)/t25-/m0/s1. The van der Waals surface area contributed by atoms with Gasteiger partial charge in [0.15, 0.2) is 6.61 Å². The molecule has 0 aliphatic rings. The van der Waals surface area contributed by atoms with Crippen molar-refractivity contribution in [1.29, 1.82) is 0 Å². The summed E-state index contributed by atoms with van der Waals surface area (Å²) in [5, 5.41) is 3.06. The van der Waals surface area contributed by atoms with Crippen LogP contribution in [0.4, 0.5) is 5.69 Å². The maximum Gasteiger partial charge on any atom is 0.339 e. The minimum absolute atomic E-state index is 0.181. The number of aryl methyl sites for hydroxylation is 2. The number of hydrogen-bond donors (Lipinski definition) is 1. The minimum atomic E-state index is -1.33. The molecule has 0 saturated carbocycles. The Morgan fingerprint density at radius 3 is 2.52 bits per heavy atom. The first-order valence-corrected chi connectivity index (χ1v) is 9.39. The molecule has 2 rings (SSSR count). The summed E-state index contributed by atoms with van der Waals surface area (Å²) in [6.07, 6.45) is 1.47. The third kappa shape index (κ3) is 4.90. The zero-order valence-electron chi connectivity index (χ0n) is 14.1. The first-order chi connectivity index (χ1) is 11.8. The number of nitrogens with one attached hydrogen (secondary N) is 1. The fraction of sp³-hybridized carbons (Fsp3) is 0.222. The Kier molecular flexibility index (Phi) is 6.33. The molecule has 0 fully saturated rings. The van der Waals surface area contributed by atoms with Crippen molar-refractivity contribution in [3.8, 4) is 0 Å². The number of ether oxygens (including phenoxy) is 1. The Labute approximate surface area is 153 Å². The number of carbonyl (C=O) groups excluding carboxylic acids is 2. The molecular formula is C18H18ClNO4S. The van der Waals surface area contributed by atoms with Gasteiger partial charge in [0.25, 0.3) is 5.91 Å². The van der Waals surface area contributed by atoms with E-state index in [0.29, 0.717) is 15.6 Å². The number of anilines is 1. The zero-order valence-corrected chi connectivity index (χ0v) is 15.7. The first-order valence-electron chi connectivity index (χ1n) is 7.45. The summed E-state index contributed by atoms with van der Waals surface area (Å²) in [6, 6.07) is 10.0. The Morgan fingerprint density at radius 1 is 1.20 bits per heavy atom. The number of carbonyl (C=O) groups is 2. The topological polar surface area (TPSA) is 72.5 Å². The molecule has 132 valence electrons. The minimum Gasteiger partial charge on any atom is -0.452 e. The van der Waals surface area contributed by atoms with E-state index in [-0.39, 0.29) is 5.56 Å². The van der Waals surface area contributed by atoms with Gasteiger partial charge in [-0.1, -0.05) is 29.8 Å². The molecule has 0 saturated heterocycles. The van der Waals surface area contributed by atoms with Crippen LogP contribution < -0.4 is 5.32 Å². The van der Waals surface area contributed by atoms with Crippen molar-refractivity contribution < 1.29 is 18.5 Å². The largest absolute Gasteiger partial charge is 0.452 e. The highest BCUT2D eigenvalue weighted by Gasteiger charge is 2.17. The molecular weight excluding hydrogens is 362 g/mol. The smallest absolute Gasteiger partial charge is 0.339 e. The van der Waals surface area contributed by atoms with Gasteiger partial charge in [0.1, 0.15) is 0 Å². The van der Waals surface area contributed by atoms with Crippen molar-refractivity contribution in [3.05, 3.63) is 58.1 Å². The highest BCUT2D eigenvalue weighted by Crippen LogP contribution is 2.27. The van der Waals surface area contributed by atoms with Crippen molar-refractivity contribution in [2.24, 2.45) is 0 Å². The molecule has 1 amide bonds. The molecule has 0 spiro atoms. The molecule has 1 N–H and O–H groups in total. The maximum absolute atomic E-state index is 12.1. The van der Waals surface area contributed by atoms with Gasteiger partial charge in [-0.2, -0.15) is 0 Å². The van der Waals surface area contributed by atoms with Crippen molar-refractivity contribution in [2.45, 2.75) is 18.7 Å². The molecule has 2 aromatic rings. The van der Waals surface area contributed by atoms with E-state index < -0.39 is 29.3 Å². The van der Waals surface area contributed by atoms with E-state index in [0.717, 1.165) is 11.1 Å². The number of hydrogen-bond acceptors (Lipinski definition) is 4. The van der Waals surface area contributed by atoms with Crippen LogP contribution in [0.1, 0.15) is 21.5 Å². The van der Waals surface area contributed by atoms with Crippen LogP contribution in [0, 0.1) is 13.8 Å². The highest BCUT2D eigenvalue weighted by molar-refractivity contribution is 7.84. The van der Waals surface area contributed by atoms with E-state index in [9.17, 15) is 13.8 Å². The van der Waals surface area contributed by atoms with Crippen LogP contribution in [-0.2, 0) is 20.3 Å². The van der Waals surface area contributed by atoms with Crippen LogP contribution >= 0.6 is 11.6 Å². The lowest BCUT2D eigenvalue weighted by atomic mass is 10.1. The fourth-order valence-corrected chi connectivity index (χ4v) is 3.44. The lowest BCUT2D eigenvalue weighted by molar-refractivity contribution is -0.119. The molecule has 0 unspecified atom stereocenters. The van der Waals surface area contributed by atoms with Gasteiger partial charge in [0.2, 0.25) is 0 Å². The summed E-state index contributed by atoms with van der Waals surface area (Å²) in [6.45, 7) is 3.27. The van der Waals surface area contributed by atoms with E-state index in [2.05, 4.69) is 5.32 Å². The SMILES string of the molecule is Cc1cc(C)c(NC(=O)COC(=O)c2ccccc2[S@](C)=O)c(Cl)c1. The van der Waals surface area contributed by atoms with E-state index in [4.69, 9.17) is 16.3 Å². The average molecular weight is 380 g/mol. The molecule has 0 aliphatic heterocycles. The van der Waals surface area contributed by atoms with Crippen LogP contribution in [-0.4, -0.2) is 28.9 Å². The van der Waals surface area contributed by atoms with Crippen LogP contribution in [0.2, 0.25) is 5.02 Å². The molecule has 0 heterocycles. The molecule has 0 aromatic heterocycles. The van der Waals surface area contributed by atoms with E-state index >= 15 is 0 Å². The Hall–Kier alpha value is -2.18. The Bertz CT molecular complexity index is 828. The molecule has 5 nitrogen and oxygen atoms in total. The zero-order chi connectivity index (χ0) is 18.6. The van der Waals surface area contributed by atoms with Gasteiger partial charge in [-0.15, -0.1) is 0 Å². The van der Waals surface area contributed by atoms with Crippen LogP contribution in [0.15, 0.2) is 41.3 Å². The summed E-state index contributed by atoms with van der Waals surface area (Å²) in [7, 11) is -1.33. The van der Waals surface area contributed by atoms with Crippen molar-refractivity contribution in [1.82, 2.24) is 0 Å². The van der Waals surface area contributed by atoms with Crippen molar-refractivity contribution in [2.75, 3.05) is 18.2 Å². The monoisotopic (exact) mass is 379 g/mol. The van der Waals surface area contributed by atoms with Gasteiger partial charge in [0, 0.05) is 6.26 Å². The first kappa shape index (κ1) is 19.1. The second-order valence-electron chi connectivity index (χ2n) is 5.51. The third-order valence-electron chi connectivity index (χ3n) is 3.45. The second-order valence-corrected chi connectivity index (χ2v) is 7.27. The summed E-state index contributed by atoms with van der Waals surface area (Å²) in [4.78, 5) is 24.6. The number of esters is 1. The van der Waals surface area contributed by atoms with Gasteiger partial charge in [-0.3, -0.25) is 9.00 Å². The molecule has 2 aromatic carbocycles. The lowest BCUT2D eigenvalue weighted by Crippen LogP contribution is -2.22. The normalized spacial score (nSPS) is 11.7. The maximum atomic E-state index is 12.1. The van der Waals surface area contributed by atoms with Crippen LogP contribution in [0.25, 0.3) is 0 Å². The van der Waals surface area contributed by atoms with Crippen LogP contribution in [0.5, 0.6) is 0 Å². The lowest BCUT2D eigenvalue weighted by Gasteiger charge is -2.12. The van der Waals surface area contributed by atoms with E-state index in [1.165, 1.54) is 12.3 Å². The predicted molar refractivity (Wildman–Crippen MR) is 98.6 cm³/mol. The van der Waals surface area contributed by atoms with Crippen molar-refractivity contribution >= 4 is 40.0 Å². The predicted octanol–water partition coefficient (Wildman–Crippen LogP) is 3.49. The quantitative estimate of drug-likeness (QED) is 0.807. The molecule has 7 heteroatoms. The summed E-state index contributed by atoms with van der Waals surface area (Å²) < 4.78 is 16.7. The Balaban J connectivity index is 2.04.